The van der Waals surface area contributed by atoms with Crippen LogP contribution in [0.1, 0.15) is 10.4 Å². The molecule has 7 heteroatoms. The first-order chi connectivity index (χ1) is 14.1. The lowest BCUT2D eigenvalue weighted by molar-refractivity contribution is 0.0601. The van der Waals surface area contributed by atoms with Crippen molar-refractivity contribution in [3.8, 4) is 11.3 Å². The predicted molar refractivity (Wildman–Crippen MR) is 111 cm³/mol. The Morgan fingerprint density at radius 1 is 1.10 bits per heavy atom. The average Bonchev–Trinajstić information content (AvgIpc) is 2.75. The smallest absolute Gasteiger partial charge is 0.341 e. The number of hydrogen-bond acceptors (Lipinski definition) is 5. The van der Waals surface area contributed by atoms with Crippen LogP contribution in [-0.4, -0.2) is 23.0 Å². The molecule has 0 atom stereocenters. The molecule has 0 aliphatic heterocycles. The zero-order valence-electron chi connectivity index (χ0n) is 15.3. The summed E-state index contributed by atoms with van der Waals surface area (Å²) in [6.45, 7) is 0. The van der Waals surface area contributed by atoms with Crippen molar-refractivity contribution >= 4 is 39.8 Å². The van der Waals surface area contributed by atoms with E-state index in [2.05, 4.69) is 15.3 Å². The highest BCUT2D eigenvalue weighted by molar-refractivity contribution is 6.30. The number of para-hydroxylation sites is 1. The molecular weight excluding hydrogens is 393 g/mol. The second kappa shape index (κ2) is 7.85. The Morgan fingerprint density at radius 2 is 1.93 bits per heavy atom. The molecule has 1 N–H and O–H groups in total. The fourth-order valence-corrected chi connectivity index (χ4v) is 3.20. The maximum absolute atomic E-state index is 14.4. The standard InChI is InChI=1S/C22H15ClFN3O2/c1-29-22(28)16-12-25-9-8-19(16)27-20-11-21(15-10-13(23)6-7-17(15)24)26-18-5-3-2-4-14(18)20/h2-12H,1H3,(H,25,26,27). The van der Waals surface area contributed by atoms with Gasteiger partial charge < -0.3 is 10.1 Å². The maximum atomic E-state index is 14.4. The number of carbonyl (C=O) groups excluding carboxylic acids is 1. The third-order valence-corrected chi connectivity index (χ3v) is 4.65. The largest absolute Gasteiger partial charge is 0.465 e. The molecule has 0 saturated carbocycles. The van der Waals surface area contributed by atoms with Crippen LogP contribution in [0.3, 0.4) is 0 Å². The Bertz CT molecular complexity index is 1230. The first kappa shape index (κ1) is 18.8. The number of nitrogens with one attached hydrogen (secondary N) is 1. The molecule has 0 unspecified atom stereocenters. The van der Waals surface area contributed by atoms with Crippen LogP contribution < -0.4 is 5.32 Å². The minimum absolute atomic E-state index is 0.284. The van der Waals surface area contributed by atoms with E-state index in [0.717, 1.165) is 5.39 Å². The van der Waals surface area contributed by atoms with Gasteiger partial charge >= 0.3 is 5.97 Å². The summed E-state index contributed by atoms with van der Waals surface area (Å²) in [4.78, 5) is 20.6. The van der Waals surface area contributed by atoms with Crippen molar-refractivity contribution in [2.24, 2.45) is 0 Å². The van der Waals surface area contributed by atoms with Crippen LogP contribution in [0.4, 0.5) is 15.8 Å². The van der Waals surface area contributed by atoms with Crippen molar-refractivity contribution in [3.05, 3.63) is 83.4 Å². The van der Waals surface area contributed by atoms with Crippen molar-refractivity contribution in [1.82, 2.24) is 9.97 Å². The lowest BCUT2D eigenvalue weighted by Gasteiger charge is -2.14. The fourth-order valence-electron chi connectivity index (χ4n) is 3.03. The summed E-state index contributed by atoms with van der Waals surface area (Å²) < 4.78 is 19.3. The topological polar surface area (TPSA) is 64.1 Å². The van der Waals surface area contributed by atoms with Gasteiger partial charge in [-0.3, -0.25) is 4.98 Å². The van der Waals surface area contributed by atoms with Crippen LogP contribution in [0, 0.1) is 5.82 Å². The average molecular weight is 408 g/mol. The molecule has 4 aromatic rings. The predicted octanol–water partition coefficient (Wildman–Crippen LogP) is 5.62. The van der Waals surface area contributed by atoms with E-state index in [0.29, 0.717) is 27.6 Å². The van der Waals surface area contributed by atoms with Crippen molar-refractivity contribution in [3.63, 3.8) is 0 Å². The molecule has 2 heterocycles. The highest BCUT2D eigenvalue weighted by Gasteiger charge is 2.15. The Balaban J connectivity index is 1.89. The van der Waals surface area contributed by atoms with Gasteiger partial charge in [-0.25, -0.2) is 14.2 Å². The van der Waals surface area contributed by atoms with Crippen LogP contribution in [0.15, 0.2) is 67.0 Å². The van der Waals surface area contributed by atoms with Crippen molar-refractivity contribution in [1.29, 1.82) is 0 Å². The van der Waals surface area contributed by atoms with E-state index in [1.165, 1.54) is 31.5 Å². The van der Waals surface area contributed by atoms with Crippen molar-refractivity contribution in [2.45, 2.75) is 0 Å². The summed E-state index contributed by atoms with van der Waals surface area (Å²) in [5.74, 6) is -0.942. The van der Waals surface area contributed by atoms with Crippen LogP contribution in [-0.2, 0) is 4.74 Å². The molecule has 0 radical (unpaired) electrons. The zero-order valence-corrected chi connectivity index (χ0v) is 16.1. The second-order valence-electron chi connectivity index (χ2n) is 6.23. The van der Waals surface area contributed by atoms with Gasteiger partial charge in [0.15, 0.2) is 0 Å². The monoisotopic (exact) mass is 407 g/mol. The van der Waals surface area contributed by atoms with Crippen LogP contribution >= 0.6 is 11.6 Å². The molecule has 0 saturated heterocycles. The molecule has 0 aliphatic carbocycles. The van der Waals surface area contributed by atoms with Crippen LogP contribution in [0.25, 0.3) is 22.2 Å². The highest BCUT2D eigenvalue weighted by atomic mass is 35.5. The summed E-state index contributed by atoms with van der Waals surface area (Å²) in [6, 6.07) is 15.2. The Hall–Kier alpha value is -3.51. The number of benzene rings is 2. The fraction of sp³-hybridized carbons (Fsp3) is 0.0455. The van der Waals surface area contributed by atoms with E-state index < -0.39 is 11.8 Å². The van der Waals surface area contributed by atoms with Gasteiger partial charge in [0.2, 0.25) is 0 Å². The molecule has 0 amide bonds. The van der Waals surface area contributed by atoms with Gasteiger partial charge in [0.05, 0.1) is 29.7 Å². The summed E-state index contributed by atoms with van der Waals surface area (Å²) in [5, 5.41) is 4.46. The van der Waals surface area contributed by atoms with Gasteiger partial charge in [-0.05, 0) is 36.4 Å². The van der Waals surface area contributed by atoms with Crippen LogP contribution in [0.2, 0.25) is 5.02 Å². The number of pyridine rings is 2. The summed E-state index contributed by atoms with van der Waals surface area (Å²) in [7, 11) is 1.31. The third-order valence-electron chi connectivity index (χ3n) is 4.42. The molecule has 0 fully saturated rings. The number of fused-ring (bicyclic) bond motifs is 1. The molecule has 0 spiro atoms. The van der Waals surface area contributed by atoms with Crippen molar-refractivity contribution < 1.29 is 13.9 Å². The summed E-state index contributed by atoms with van der Waals surface area (Å²) in [5.41, 5.74) is 2.82. The minimum atomic E-state index is -0.514. The van der Waals surface area contributed by atoms with Gasteiger partial charge in [-0.1, -0.05) is 29.8 Å². The lowest BCUT2D eigenvalue weighted by atomic mass is 10.1. The Labute approximate surface area is 171 Å². The third kappa shape index (κ3) is 3.75. The number of nitrogens with zero attached hydrogens (tertiary/aromatic N) is 2. The molecule has 5 nitrogen and oxygen atoms in total. The van der Waals surface area contributed by atoms with E-state index in [-0.39, 0.29) is 11.1 Å². The number of methoxy groups -OCH3 is 1. The molecule has 0 bridgehead atoms. The number of halogens is 2. The van der Waals surface area contributed by atoms with Gasteiger partial charge in [-0.15, -0.1) is 0 Å². The number of rotatable bonds is 4. The number of esters is 1. The van der Waals surface area contributed by atoms with Gasteiger partial charge in [0, 0.05) is 28.4 Å². The maximum Gasteiger partial charge on any atom is 0.341 e. The SMILES string of the molecule is COC(=O)c1cnccc1Nc1cc(-c2cc(Cl)ccc2F)nc2ccccc12. The van der Waals surface area contributed by atoms with E-state index in [1.807, 2.05) is 24.3 Å². The Morgan fingerprint density at radius 3 is 2.76 bits per heavy atom. The number of aromatic nitrogens is 2. The van der Waals surface area contributed by atoms with Crippen molar-refractivity contribution in [2.75, 3.05) is 12.4 Å². The normalized spacial score (nSPS) is 10.7. The summed E-state index contributed by atoms with van der Waals surface area (Å²) >= 11 is 6.06. The molecule has 4 rings (SSSR count). The molecule has 0 aliphatic rings. The molecule has 2 aromatic heterocycles. The van der Waals surface area contributed by atoms with E-state index in [1.54, 1.807) is 18.3 Å². The molecule has 29 heavy (non-hydrogen) atoms. The molecule has 2 aromatic carbocycles. The minimum Gasteiger partial charge on any atom is -0.465 e. The number of hydrogen-bond donors (Lipinski definition) is 1. The lowest BCUT2D eigenvalue weighted by Crippen LogP contribution is -2.06. The van der Waals surface area contributed by atoms with E-state index >= 15 is 0 Å². The van der Waals surface area contributed by atoms with E-state index in [4.69, 9.17) is 16.3 Å². The Kier molecular flexibility index (Phi) is 5.10. The molecule has 144 valence electrons. The number of carbonyl (C=O) groups is 1. The second-order valence-corrected chi connectivity index (χ2v) is 6.67. The van der Waals surface area contributed by atoms with Gasteiger partial charge in [-0.2, -0.15) is 0 Å². The summed E-state index contributed by atoms with van der Waals surface area (Å²) in [6.07, 6.45) is 2.99. The van der Waals surface area contributed by atoms with Crippen LogP contribution in [0.5, 0.6) is 0 Å². The zero-order chi connectivity index (χ0) is 20.4. The quantitative estimate of drug-likeness (QED) is 0.445. The first-order valence-electron chi connectivity index (χ1n) is 8.71. The first-order valence-corrected chi connectivity index (χ1v) is 9.09. The van der Waals surface area contributed by atoms with E-state index in [9.17, 15) is 9.18 Å². The number of anilines is 2. The van der Waals surface area contributed by atoms with Gasteiger partial charge in [0.1, 0.15) is 11.4 Å². The number of ether oxygens (including phenoxy) is 1. The molecular formula is C22H15ClFN3O2. The highest BCUT2D eigenvalue weighted by Crippen LogP contribution is 2.33. The van der Waals surface area contributed by atoms with Gasteiger partial charge in [0.25, 0.3) is 0 Å².